The molecule has 2 aromatic rings. The summed E-state index contributed by atoms with van der Waals surface area (Å²) in [6.45, 7) is 0.610. The number of fused-ring (bicyclic) bond motifs is 1. The van der Waals surface area contributed by atoms with Gasteiger partial charge in [0.25, 0.3) is 0 Å². The van der Waals surface area contributed by atoms with Crippen LogP contribution < -0.4 is 4.74 Å². The molecule has 0 saturated heterocycles. The first-order chi connectivity index (χ1) is 8.34. The van der Waals surface area contributed by atoms with Crippen LogP contribution in [0.3, 0.4) is 0 Å². The van der Waals surface area contributed by atoms with E-state index in [0.717, 1.165) is 16.3 Å². The number of benzene rings is 2. The minimum absolute atomic E-state index is 0.610. The van der Waals surface area contributed by atoms with Crippen molar-refractivity contribution in [2.24, 2.45) is 0 Å². The quantitative estimate of drug-likeness (QED) is 0.730. The Morgan fingerprint density at radius 1 is 1.00 bits per heavy atom. The molecule has 0 bridgehead atoms. The Morgan fingerprint density at radius 2 is 1.82 bits per heavy atom. The van der Waals surface area contributed by atoms with E-state index in [1.807, 2.05) is 36.4 Å². The zero-order valence-electron chi connectivity index (χ0n) is 9.19. The lowest BCUT2D eigenvalue weighted by Gasteiger charge is -2.19. The fourth-order valence-electron chi connectivity index (χ4n) is 2.05. The van der Waals surface area contributed by atoms with Gasteiger partial charge in [0.05, 0.1) is 0 Å². The van der Waals surface area contributed by atoms with E-state index in [2.05, 4.69) is 18.2 Å². The van der Waals surface area contributed by atoms with Crippen LogP contribution in [0.2, 0.25) is 5.02 Å². The summed E-state index contributed by atoms with van der Waals surface area (Å²) in [6, 6.07) is 16.0. The molecule has 1 nitrogen and oxygen atoms in total. The Kier molecular flexibility index (Phi) is 2.62. The average molecular weight is 243 g/mol. The summed E-state index contributed by atoms with van der Waals surface area (Å²) < 4.78 is 5.60. The fourth-order valence-corrected chi connectivity index (χ4v) is 2.23. The number of ether oxygens (including phenoxy) is 1. The highest BCUT2D eigenvalue weighted by Gasteiger charge is 2.15. The molecule has 1 aliphatic heterocycles. The molecule has 17 heavy (non-hydrogen) atoms. The van der Waals surface area contributed by atoms with E-state index in [0.29, 0.717) is 6.61 Å². The maximum absolute atomic E-state index is 6.05. The van der Waals surface area contributed by atoms with Gasteiger partial charge in [-0.1, -0.05) is 41.9 Å². The molecule has 84 valence electrons. The second-order valence-corrected chi connectivity index (χ2v) is 4.37. The molecule has 0 spiro atoms. The Morgan fingerprint density at radius 3 is 2.65 bits per heavy atom. The van der Waals surface area contributed by atoms with Crippen molar-refractivity contribution >= 4 is 17.2 Å². The molecule has 3 rings (SSSR count). The molecule has 0 aromatic heterocycles. The molecule has 0 saturated carbocycles. The highest BCUT2D eigenvalue weighted by molar-refractivity contribution is 6.30. The average Bonchev–Trinajstić information content (AvgIpc) is 2.39. The van der Waals surface area contributed by atoms with Crippen LogP contribution >= 0.6 is 11.6 Å². The van der Waals surface area contributed by atoms with Gasteiger partial charge in [0.15, 0.2) is 0 Å². The molecule has 0 fully saturated rings. The van der Waals surface area contributed by atoms with Crippen LogP contribution in [0.4, 0.5) is 0 Å². The maximum Gasteiger partial charge on any atom is 0.127 e. The standard InChI is InChI=1S/C15H11ClO/c16-12-6-7-15-14(10-12)13(8-9-17-15)11-4-2-1-3-5-11/h1-8,10H,9H2. The summed E-state index contributed by atoms with van der Waals surface area (Å²) in [6.07, 6.45) is 2.09. The van der Waals surface area contributed by atoms with Crippen LogP contribution in [0, 0.1) is 0 Å². The van der Waals surface area contributed by atoms with Crippen LogP contribution in [0.25, 0.3) is 5.57 Å². The lowest BCUT2D eigenvalue weighted by atomic mass is 9.96. The summed E-state index contributed by atoms with van der Waals surface area (Å²) in [7, 11) is 0. The first kappa shape index (κ1) is 10.4. The zero-order chi connectivity index (χ0) is 11.7. The van der Waals surface area contributed by atoms with E-state index in [4.69, 9.17) is 16.3 Å². The van der Waals surface area contributed by atoms with Crippen LogP contribution in [-0.2, 0) is 0 Å². The molecule has 2 heteroatoms. The largest absolute Gasteiger partial charge is 0.489 e. The minimum Gasteiger partial charge on any atom is -0.489 e. The molecule has 0 radical (unpaired) electrons. The molecule has 2 aromatic carbocycles. The Balaban J connectivity index is 2.14. The van der Waals surface area contributed by atoms with E-state index in [1.54, 1.807) is 0 Å². The van der Waals surface area contributed by atoms with Gasteiger partial charge in [0, 0.05) is 10.6 Å². The van der Waals surface area contributed by atoms with Gasteiger partial charge in [0.1, 0.15) is 12.4 Å². The predicted octanol–water partition coefficient (Wildman–Crippen LogP) is 4.16. The van der Waals surface area contributed by atoms with Crippen LogP contribution in [0.1, 0.15) is 11.1 Å². The lowest BCUT2D eigenvalue weighted by Crippen LogP contribution is -2.05. The first-order valence-electron chi connectivity index (χ1n) is 5.53. The maximum atomic E-state index is 6.05. The molecule has 1 aliphatic rings. The third kappa shape index (κ3) is 1.94. The Hall–Kier alpha value is -1.73. The van der Waals surface area contributed by atoms with E-state index >= 15 is 0 Å². The summed E-state index contributed by atoms with van der Waals surface area (Å²) >= 11 is 6.05. The number of rotatable bonds is 1. The van der Waals surface area contributed by atoms with Crippen LogP contribution in [0.5, 0.6) is 5.75 Å². The van der Waals surface area contributed by atoms with Gasteiger partial charge in [-0.05, 0) is 35.4 Å². The van der Waals surface area contributed by atoms with E-state index in [9.17, 15) is 0 Å². The van der Waals surface area contributed by atoms with Crippen molar-refractivity contribution in [3.63, 3.8) is 0 Å². The third-order valence-electron chi connectivity index (χ3n) is 2.84. The smallest absolute Gasteiger partial charge is 0.127 e. The SMILES string of the molecule is Clc1ccc2c(c1)C(c1ccccc1)=CCO2. The van der Waals surface area contributed by atoms with E-state index in [-0.39, 0.29) is 0 Å². The molecular weight excluding hydrogens is 232 g/mol. The second-order valence-electron chi connectivity index (χ2n) is 3.94. The van der Waals surface area contributed by atoms with Crippen molar-refractivity contribution in [3.05, 3.63) is 70.8 Å². The van der Waals surface area contributed by atoms with Gasteiger partial charge in [-0.2, -0.15) is 0 Å². The van der Waals surface area contributed by atoms with Crippen molar-refractivity contribution in [2.75, 3.05) is 6.61 Å². The zero-order valence-corrected chi connectivity index (χ0v) is 9.95. The van der Waals surface area contributed by atoms with Crippen molar-refractivity contribution in [2.45, 2.75) is 0 Å². The number of halogens is 1. The minimum atomic E-state index is 0.610. The second kappa shape index (κ2) is 4.27. The highest BCUT2D eigenvalue weighted by atomic mass is 35.5. The first-order valence-corrected chi connectivity index (χ1v) is 5.91. The van der Waals surface area contributed by atoms with Gasteiger partial charge >= 0.3 is 0 Å². The lowest BCUT2D eigenvalue weighted by molar-refractivity contribution is 0.357. The molecular formula is C15H11ClO. The molecule has 1 heterocycles. The van der Waals surface area contributed by atoms with Crippen LogP contribution in [0.15, 0.2) is 54.6 Å². The van der Waals surface area contributed by atoms with Crippen molar-refractivity contribution in [1.82, 2.24) is 0 Å². The highest BCUT2D eigenvalue weighted by Crippen LogP contribution is 2.35. The summed E-state index contributed by atoms with van der Waals surface area (Å²) in [5.41, 5.74) is 3.45. The van der Waals surface area contributed by atoms with Crippen LogP contribution in [-0.4, -0.2) is 6.61 Å². The molecule has 0 atom stereocenters. The molecule has 0 N–H and O–H groups in total. The number of hydrogen-bond acceptors (Lipinski definition) is 1. The van der Waals surface area contributed by atoms with Gasteiger partial charge in [-0.15, -0.1) is 0 Å². The summed E-state index contributed by atoms with van der Waals surface area (Å²) in [5.74, 6) is 0.899. The molecule has 0 aliphatic carbocycles. The van der Waals surface area contributed by atoms with Gasteiger partial charge < -0.3 is 4.74 Å². The molecule has 0 unspecified atom stereocenters. The van der Waals surface area contributed by atoms with Crippen molar-refractivity contribution in [3.8, 4) is 5.75 Å². The Labute approximate surface area is 105 Å². The van der Waals surface area contributed by atoms with Gasteiger partial charge in [-0.25, -0.2) is 0 Å². The topological polar surface area (TPSA) is 9.23 Å². The van der Waals surface area contributed by atoms with E-state index in [1.165, 1.54) is 11.1 Å². The normalized spacial score (nSPS) is 13.6. The fraction of sp³-hybridized carbons (Fsp3) is 0.0667. The van der Waals surface area contributed by atoms with E-state index < -0.39 is 0 Å². The van der Waals surface area contributed by atoms with Crippen molar-refractivity contribution in [1.29, 1.82) is 0 Å². The Bertz CT molecular complexity index is 573. The van der Waals surface area contributed by atoms with Gasteiger partial charge in [0.2, 0.25) is 0 Å². The van der Waals surface area contributed by atoms with Gasteiger partial charge in [-0.3, -0.25) is 0 Å². The summed E-state index contributed by atoms with van der Waals surface area (Å²) in [5, 5.41) is 0.732. The predicted molar refractivity (Wildman–Crippen MR) is 70.5 cm³/mol. The summed E-state index contributed by atoms with van der Waals surface area (Å²) in [4.78, 5) is 0. The third-order valence-corrected chi connectivity index (χ3v) is 3.08. The number of hydrogen-bond donors (Lipinski definition) is 0. The monoisotopic (exact) mass is 242 g/mol. The molecule has 0 amide bonds. The van der Waals surface area contributed by atoms with Crippen molar-refractivity contribution < 1.29 is 4.74 Å².